The highest BCUT2D eigenvalue weighted by Crippen LogP contribution is 2.45. The SMILES string of the molecule is CCN=C(NC1CC1C)N1CCC2(CCCC2)C1.I. The number of nitrogens with zero attached hydrogens (tertiary/aromatic N) is 2. The van der Waals surface area contributed by atoms with Gasteiger partial charge in [-0.1, -0.05) is 19.8 Å². The quantitative estimate of drug-likeness (QED) is 0.455. The van der Waals surface area contributed by atoms with Crippen LogP contribution in [0.3, 0.4) is 0 Å². The smallest absolute Gasteiger partial charge is 0.194 e. The van der Waals surface area contributed by atoms with E-state index < -0.39 is 0 Å². The average Bonchev–Trinajstić information content (AvgIpc) is 2.83. The van der Waals surface area contributed by atoms with Gasteiger partial charge in [-0.3, -0.25) is 4.99 Å². The lowest BCUT2D eigenvalue weighted by Crippen LogP contribution is -2.42. The Kier molecular flexibility index (Phi) is 5.01. The minimum absolute atomic E-state index is 0. The van der Waals surface area contributed by atoms with Gasteiger partial charge in [-0.15, -0.1) is 24.0 Å². The maximum atomic E-state index is 4.71. The molecule has 0 aromatic rings. The van der Waals surface area contributed by atoms with Crippen molar-refractivity contribution in [1.29, 1.82) is 0 Å². The molecule has 0 aromatic carbocycles. The molecular weight excluding hydrogens is 349 g/mol. The molecule has 0 bridgehead atoms. The molecule has 2 unspecified atom stereocenters. The lowest BCUT2D eigenvalue weighted by atomic mass is 9.86. The highest BCUT2D eigenvalue weighted by atomic mass is 127. The first kappa shape index (κ1) is 15.4. The standard InChI is InChI=1S/C15H27N3.HI/c1-3-16-14(17-13-10-12(13)2)18-9-8-15(11-18)6-4-5-7-15;/h12-13H,3-11H2,1-2H3,(H,16,17);1H. The van der Waals surface area contributed by atoms with Crippen LogP contribution in [0.4, 0.5) is 0 Å². The summed E-state index contributed by atoms with van der Waals surface area (Å²) in [6, 6.07) is 0.690. The molecule has 3 fully saturated rings. The molecule has 0 aromatic heterocycles. The van der Waals surface area contributed by atoms with Gasteiger partial charge in [0.15, 0.2) is 5.96 Å². The predicted molar refractivity (Wildman–Crippen MR) is 91.2 cm³/mol. The van der Waals surface area contributed by atoms with E-state index in [1.807, 2.05) is 0 Å². The Bertz CT molecular complexity index is 336. The molecule has 4 heteroatoms. The van der Waals surface area contributed by atoms with Crippen molar-refractivity contribution < 1.29 is 0 Å². The first-order valence-corrected chi connectivity index (χ1v) is 7.78. The first-order valence-electron chi connectivity index (χ1n) is 7.78. The van der Waals surface area contributed by atoms with Crippen LogP contribution in [0.2, 0.25) is 0 Å². The highest BCUT2D eigenvalue weighted by Gasteiger charge is 2.42. The molecule has 0 amide bonds. The molecule has 1 N–H and O–H groups in total. The van der Waals surface area contributed by atoms with E-state index in [1.54, 1.807) is 0 Å². The molecule has 110 valence electrons. The monoisotopic (exact) mass is 377 g/mol. The van der Waals surface area contributed by atoms with Crippen molar-refractivity contribution in [3.8, 4) is 0 Å². The highest BCUT2D eigenvalue weighted by molar-refractivity contribution is 14.0. The van der Waals surface area contributed by atoms with Crippen molar-refractivity contribution in [3.05, 3.63) is 0 Å². The van der Waals surface area contributed by atoms with Gasteiger partial charge in [0.25, 0.3) is 0 Å². The Morgan fingerprint density at radius 3 is 2.58 bits per heavy atom. The van der Waals surface area contributed by atoms with Gasteiger partial charge >= 0.3 is 0 Å². The normalized spacial score (nSPS) is 32.5. The minimum Gasteiger partial charge on any atom is -0.353 e. The lowest BCUT2D eigenvalue weighted by molar-refractivity contribution is 0.309. The third kappa shape index (κ3) is 3.37. The van der Waals surface area contributed by atoms with E-state index in [9.17, 15) is 0 Å². The van der Waals surface area contributed by atoms with Crippen molar-refractivity contribution in [2.45, 2.75) is 58.4 Å². The van der Waals surface area contributed by atoms with Crippen molar-refractivity contribution in [3.63, 3.8) is 0 Å². The maximum Gasteiger partial charge on any atom is 0.194 e. The van der Waals surface area contributed by atoms with E-state index in [2.05, 4.69) is 24.1 Å². The van der Waals surface area contributed by atoms with Crippen LogP contribution in [0.25, 0.3) is 0 Å². The molecule has 2 aliphatic carbocycles. The molecule has 3 nitrogen and oxygen atoms in total. The van der Waals surface area contributed by atoms with E-state index in [1.165, 1.54) is 57.6 Å². The molecule has 1 saturated heterocycles. The predicted octanol–water partition coefficient (Wildman–Crippen LogP) is 3.24. The van der Waals surface area contributed by atoms with E-state index in [0.717, 1.165) is 12.5 Å². The number of likely N-dealkylation sites (tertiary alicyclic amines) is 1. The number of hydrogen-bond donors (Lipinski definition) is 1. The molecule has 2 atom stereocenters. The van der Waals surface area contributed by atoms with Gasteiger partial charge in [-0.25, -0.2) is 0 Å². The molecule has 1 heterocycles. The van der Waals surface area contributed by atoms with Crippen molar-refractivity contribution in [2.75, 3.05) is 19.6 Å². The van der Waals surface area contributed by atoms with Crippen molar-refractivity contribution in [2.24, 2.45) is 16.3 Å². The van der Waals surface area contributed by atoms with Crippen molar-refractivity contribution in [1.82, 2.24) is 10.2 Å². The zero-order chi connectivity index (χ0) is 12.6. The molecule has 1 spiro atoms. The summed E-state index contributed by atoms with van der Waals surface area (Å²) in [5.41, 5.74) is 0.644. The second-order valence-corrected chi connectivity index (χ2v) is 6.64. The van der Waals surface area contributed by atoms with Gasteiger partial charge in [0.1, 0.15) is 0 Å². The number of guanidine groups is 1. The molecule has 2 saturated carbocycles. The van der Waals surface area contributed by atoms with E-state index in [-0.39, 0.29) is 24.0 Å². The number of hydrogen-bond acceptors (Lipinski definition) is 1. The van der Waals surface area contributed by atoms with Gasteiger partial charge in [0.05, 0.1) is 0 Å². The lowest BCUT2D eigenvalue weighted by Gasteiger charge is -2.26. The van der Waals surface area contributed by atoms with Crippen molar-refractivity contribution >= 4 is 29.9 Å². The van der Waals surface area contributed by atoms with Crippen LogP contribution in [0, 0.1) is 11.3 Å². The number of halogens is 1. The second kappa shape index (κ2) is 6.19. The third-order valence-electron chi connectivity index (χ3n) is 5.13. The van der Waals surface area contributed by atoms with Crippen LogP contribution in [-0.4, -0.2) is 36.5 Å². The molecule has 3 rings (SSSR count). The molecular formula is C15H28IN3. The maximum absolute atomic E-state index is 4.71. The van der Waals surface area contributed by atoms with Crippen LogP contribution >= 0.6 is 24.0 Å². The van der Waals surface area contributed by atoms with Crippen LogP contribution in [0.5, 0.6) is 0 Å². The van der Waals surface area contributed by atoms with Gasteiger partial charge in [0, 0.05) is 25.7 Å². The Morgan fingerprint density at radius 2 is 2.00 bits per heavy atom. The second-order valence-electron chi connectivity index (χ2n) is 6.64. The number of aliphatic imine (C=N–C) groups is 1. The van der Waals surface area contributed by atoms with Gasteiger partial charge in [0.2, 0.25) is 0 Å². The van der Waals surface area contributed by atoms with Crippen LogP contribution in [0.1, 0.15) is 52.4 Å². The summed E-state index contributed by atoms with van der Waals surface area (Å²) >= 11 is 0. The Morgan fingerprint density at radius 1 is 1.32 bits per heavy atom. The zero-order valence-electron chi connectivity index (χ0n) is 12.3. The summed E-state index contributed by atoms with van der Waals surface area (Å²) in [6.45, 7) is 7.82. The summed E-state index contributed by atoms with van der Waals surface area (Å²) in [4.78, 5) is 7.23. The van der Waals surface area contributed by atoms with Gasteiger partial charge in [-0.05, 0) is 43.9 Å². The summed E-state index contributed by atoms with van der Waals surface area (Å²) in [5.74, 6) is 2.03. The fraction of sp³-hybridized carbons (Fsp3) is 0.933. The average molecular weight is 377 g/mol. The largest absolute Gasteiger partial charge is 0.353 e. The molecule has 3 aliphatic rings. The fourth-order valence-corrected chi connectivity index (χ4v) is 3.72. The summed E-state index contributed by atoms with van der Waals surface area (Å²) < 4.78 is 0. The zero-order valence-corrected chi connectivity index (χ0v) is 14.7. The summed E-state index contributed by atoms with van der Waals surface area (Å²) in [7, 11) is 0. The molecule has 1 aliphatic heterocycles. The van der Waals surface area contributed by atoms with E-state index in [4.69, 9.17) is 4.99 Å². The van der Waals surface area contributed by atoms with Crippen LogP contribution < -0.4 is 5.32 Å². The minimum atomic E-state index is 0. The van der Waals surface area contributed by atoms with Gasteiger partial charge in [-0.2, -0.15) is 0 Å². The van der Waals surface area contributed by atoms with Crippen LogP contribution in [0.15, 0.2) is 4.99 Å². The van der Waals surface area contributed by atoms with E-state index >= 15 is 0 Å². The molecule has 19 heavy (non-hydrogen) atoms. The number of rotatable bonds is 2. The Hall–Kier alpha value is 0. The third-order valence-corrected chi connectivity index (χ3v) is 5.13. The first-order chi connectivity index (χ1) is 8.72. The topological polar surface area (TPSA) is 27.6 Å². The Balaban J connectivity index is 0.00000133. The summed E-state index contributed by atoms with van der Waals surface area (Å²) in [5, 5.41) is 3.67. The van der Waals surface area contributed by atoms with Gasteiger partial charge < -0.3 is 10.2 Å². The number of nitrogens with one attached hydrogen (secondary N) is 1. The molecule has 0 radical (unpaired) electrons. The fourth-order valence-electron chi connectivity index (χ4n) is 3.72. The van der Waals surface area contributed by atoms with E-state index in [0.29, 0.717) is 11.5 Å². The van der Waals surface area contributed by atoms with Crippen LogP contribution in [-0.2, 0) is 0 Å². The Labute approximate surface area is 134 Å². The summed E-state index contributed by atoms with van der Waals surface area (Å²) in [6.07, 6.45) is 8.49.